The first-order valence-corrected chi connectivity index (χ1v) is 11.7. The highest BCUT2D eigenvalue weighted by molar-refractivity contribution is 7.87. The molecule has 0 saturated heterocycles. The number of amides is 2. The van der Waals surface area contributed by atoms with E-state index in [1.54, 1.807) is 41.3 Å². The Hall–Kier alpha value is -3.53. The second kappa shape index (κ2) is 10.2. The van der Waals surface area contributed by atoms with Crippen molar-refractivity contribution in [1.29, 1.82) is 0 Å². The molecule has 0 unspecified atom stereocenters. The number of alkyl halides is 3. The highest BCUT2D eigenvalue weighted by atomic mass is 32.2. The third kappa shape index (κ3) is 6.50. The maximum atomic E-state index is 13.0. The second-order valence-corrected chi connectivity index (χ2v) is 9.27. The van der Waals surface area contributed by atoms with E-state index < -0.39 is 26.8 Å². The Labute approximate surface area is 196 Å². The summed E-state index contributed by atoms with van der Waals surface area (Å²) in [6.45, 7) is 3.82. The van der Waals surface area contributed by atoms with E-state index in [2.05, 4.69) is 5.32 Å². The summed E-state index contributed by atoms with van der Waals surface area (Å²) < 4.78 is 69.1. The first-order chi connectivity index (χ1) is 16.0. The van der Waals surface area contributed by atoms with Gasteiger partial charge in [-0.15, -0.1) is 0 Å². The number of hydrogen-bond acceptors (Lipinski definition) is 4. The monoisotopic (exact) mass is 492 g/mol. The molecule has 3 rings (SSSR count). The molecule has 0 aliphatic heterocycles. The average Bonchev–Trinajstić information content (AvgIpc) is 2.77. The van der Waals surface area contributed by atoms with Crippen LogP contribution in [0.1, 0.15) is 25.0 Å². The Kier molecular flexibility index (Phi) is 7.51. The normalized spacial score (nSPS) is 11.8. The van der Waals surface area contributed by atoms with Crippen molar-refractivity contribution in [2.75, 3.05) is 5.32 Å². The molecule has 10 heteroatoms. The lowest BCUT2D eigenvalue weighted by Crippen LogP contribution is -2.39. The van der Waals surface area contributed by atoms with Gasteiger partial charge < -0.3 is 14.4 Å². The van der Waals surface area contributed by atoms with Gasteiger partial charge in [-0.05, 0) is 61.9 Å². The van der Waals surface area contributed by atoms with Crippen molar-refractivity contribution < 1.29 is 30.6 Å². The number of halogens is 3. The molecule has 2 amide bonds. The van der Waals surface area contributed by atoms with Crippen LogP contribution < -0.4 is 9.50 Å². The fourth-order valence-electron chi connectivity index (χ4n) is 3.10. The maximum Gasteiger partial charge on any atom is 0.416 e. The molecular weight excluding hydrogens is 469 g/mol. The lowest BCUT2D eigenvalue weighted by Gasteiger charge is -2.27. The number of carbonyl (C=O) groups is 1. The van der Waals surface area contributed by atoms with E-state index in [4.69, 9.17) is 4.18 Å². The van der Waals surface area contributed by atoms with E-state index in [0.717, 1.165) is 18.2 Å². The van der Waals surface area contributed by atoms with Gasteiger partial charge in [0.2, 0.25) is 0 Å². The highest BCUT2D eigenvalue weighted by Crippen LogP contribution is 2.31. The zero-order valence-corrected chi connectivity index (χ0v) is 19.2. The highest BCUT2D eigenvalue weighted by Gasteiger charge is 2.32. The Balaban J connectivity index is 1.78. The molecule has 0 spiro atoms. The predicted molar refractivity (Wildman–Crippen MR) is 122 cm³/mol. The third-order valence-corrected chi connectivity index (χ3v) is 6.06. The molecule has 180 valence electrons. The minimum atomic E-state index is -4.69. The molecule has 0 aliphatic carbocycles. The lowest BCUT2D eigenvalue weighted by atomic mass is 10.2. The summed E-state index contributed by atoms with van der Waals surface area (Å²) in [7, 11) is -4.51. The molecule has 0 saturated carbocycles. The number of nitrogens with one attached hydrogen (secondary N) is 1. The van der Waals surface area contributed by atoms with E-state index in [1.165, 1.54) is 12.1 Å². The minimum Gasteiger partial charge on any atom is -0.379 e. The standard InChI is InChI=1S/C24H23F3N2O4S/c1-17(2)29(23(30)28-20-10-4-3-5-11-20)16-18-8-6-12-21(14-18)33-34(31,32)22-13-7-9-19(15-22)24(25,26)27/h3-15,17H,16H2,1-2H3,(H,28,30). The fourth-order valence-corrected chi connectivity index (χ4v) is 4.07. The van der Waals surface area contributed by atoms with Crippen LogP contribution in [-0.4, -0.2) is 25.4 Å². The van der Waals surface area contributed by atoms with Crippen molar-refractivity contribution >= 4 is 21.8 Å². The van der Waals surface area contributed by atoms with E-state index in [9.17, 15) is 26.4 Å². The van der Waals surface area contributed by atoms with Crippen molar-refractivity contribution in [2.45, 2.75) is 37.5 Å². The van der Waals surface area contributed by atoms with Crippen molar-refractivity contribution in [3.05, 3.63) is 90.0 Å². The quantitative estimate of drug-likeness (QED) is 0.416. The molecule has 0 atom stereocenters. The van der Waals surface area contributed by atoms with Gasteiger partial charge in [0.25, 0.3) is 0 Å². The average molecular weight is 493 g/mol. The Bertz CT molecular complexity index is 1250. The molecule has 3 aromatic carbocycles. The van der Waals surface area contributed by atoms with Crippen LogP contribution in [0.2, 0.25) is 0 Å². The van der Waals surface area contributed by atoms with E-state index in [1.807, 2.05) is 19.9 Å². The van der Waals surface area contributed by atoms with Gasteiger partial charge >= 0.3 is 22.3 Å². The summed E-state index contributed by atoms with van der Waals surface area (Å²) in [5, 5.41) is 2.80. The summed E-state index contributed by atoms with van der Waals surface area (Å²) >= 11 is 0. The molecule has 0 heterocycles. The number of rotatable bonds is 7. The third-order valence-electron chi connectivity index (χ3n) is 4.82. The fraction of sp³-hybridized carbons (Fsp3) is 0.208. The molecule has 3 aromatic rings. The summed E-state index contributed by atoms with van der Waals surface area (Å²) in [5.41, 5.74) is 0.110. The molecule has 0 fully saturated rings. The number of para-hydroxylation sites is 1. The Morgan fingerprint density at radius 1 is 0.971 bits per heavy atom. The Morgan fingerprint density at radius 3 is 2.29 bits per heavy atom. The first-order valence-electron chi connectivity index (χ1n) is 10.3. The number of urea groups is 1. The molecule has 6 nitrogen and oxygen atoms in total. The lowest BCUT2D eigenvalue weighted by molar-refractivity contribution is -0.137. The van der Waals surface area contributed by atoms with Gasteiger partial charge in [0.1, 0.15) is 10.6 Å². The van der Waals surface area contributed by atoms with Crippen LogP contribution in [0.4, 0.5) is 23.7 Å². The van der Waals surface area contributed by atoms with Crippen molar-refractivity contribution in [3.63, 3.8) is 0 Å². The van der Waals surface area contributed by atoms with Crippen LogP contribution in [0.25, 0.3) is 0 Å². The summed E-state index contributed by atoms with van der Waals surface area (Å²) in [6, 6.07) is 17.8. The van der Waals surface area contributed by atoms with Crippen molar-refractivity contribution in [1.82, 2.24) is 4.90 Å². The number of nitrogens with zero attached hydrogens (tertiary/aromatic N) is 1. The summed E-state index contributed by atoms with van der Waals surface area (Å²) in [6.07, 6.45) is -4.69. The van der Waals surface area contributed by atoms with E-state index >= 15 is 0 Å². The smallest absolute Gasteiger partial charge is 0.379 e. The van der Waals surface area contributed by atoms with Crippen LogP contribution in [-0.2, 0) is 22.8 Å². The van der Waals surface area contributed by atoms with Crippen LogP contribution in [0.3, 0.4) is 0 Å². The van der Waals surface area contributed by atoms with Crippen LogP contribution in [0, 0.1) is 0 Å². The van der Waals surface area contributed by atoms with Crippen LogP contribution >= 0.6 is 0 Å². The second-order valence-electron chi connectivity index (χ2n) is 7.73. The van der Waals surface area contributed by atoms with Crippen LogP contribution in [0.5, 0.6) is 5.75 Å². The first kappa shape index (κ1) is 25.1. The molecule has 0 radical (unpaired) electrons. The van der Waals surface area contributed by atoms with Crippen LogP contribution in [0.15, 0.2) is 83.8 Å². The molecular formula is C24H23F3N2O4S. The summed E-state index contributed by atoms with van der Waals surface area (Å²) in [4.78, 5) is 13.7. The number of carbonyl (C=O) groups excluding carboxylic acids is 1. The number of anilines is 1. The largest absolute Gasteiger partial charge is 0.416 e. The van der Waals surface area contributed by atoms with Gasteiger partial charge in [-0.25, -0.2) is 4.79 Å². The van der Waals surface area contributed by atoms with E-state index in [-0.39, 0.29) is 24.4 Å². The molecule has 0 bridgehead atoms. The van der Waals surface area contributed by atoms with Crippen molar-refractivity contribution in [3.8, 4) is 5.75 Å². The van der Waals surface area contributed by atoms with Gasteiger partial charge in [0.05, 0.1) is 5.56 Å². The molecule has 0 aromatic heterocycles. The van der Waals surface area contributed by atoms with Gasteiger partial charge in [-0.2, -0.15) is 21.6 Å². The molecule has 34 heavy (non-hydrogen) atoms. The SMILES string of the molecule is CC(C)N(Cc1cccc(OS(=O)(=O)c2cccc(C(F)(F)F)c2)c1)C(=O)Nc1ccccc1. The van der Waals surface area contributed by atoms with Gasteiger partial charge in [0.15, 0.2) is 0 Å². The molecule has 1 N–H and O–H groups in total. The van der Waals surface area contributed by atoms with Crippen molar-refractivity contribution in [2.24, 2.45) is 0 Å². The van der Waals surface area contributed by atoms with Gasteiger partial charge in [-0.3, -0.25) is 0 Å². The zero-order valence-electron chi connectivity index (χ0n) is 18.4. The number of hydrogen-bond donors (Lipinski definition) is 1. The molecule has 0 aliphatic rings. The van der Waals surface area contributed by atoms with E-state index in [0.29, 0.717) is 17.3 Å². The van der Waals surface area contributed by atoms with Gasteiger partial charge in [-0.1, -0.05) is 36.4 Å². The topological polar surface area (TPSA) is 75.7 Å². The van der Waals surface area contributed by atoms with Gasteiger partial charge in [0, 0.05) is 18.3 Å². The number of benzene rings is 3. The predicted octanol–water partition coefficient (Wildman–Crippen LogP) is 5.92. The Morgan fingerprint density at radius 2 is 1.65 bits per heavy atom. The zero-order chi connectivity index (χ0) is 24.9. The minimum absolute atomic E-state index is 0.0814. The summed E-state index contributed by atoms with van der Waals surface area (Å²) in [5.74, 6) is -0.0814. The maximum absolute atomic E-state index is 13.0.